The van der Waals surface area contributed by atoms with Gasteiger partial charge in [-0.25, -0.2) is 0 Å². The highest BCUT2D eigenvalue weighted by Gasteiger charge is 2.48. The minimum atomic E-state index is -0.679. The standard InChI is InChI=1S/C17H24O2/c1-12-10-16(2,3)11-17(12,18)13-4-6-14(7-5-13)19-15-8-9-15/h4-7,12,15,18H,8-11H2,1-3H3. The molecule has 2 nitrogen and oxygen atoms in total. The minimum absolute atomic E-state index is 0.220. The van der Waals surface area contributed by atoms with E-state index >= 15 is 0 Å². The molecule has 0 aliphatic heterocycles. The van der Waals surface area contributed by atoms with Crippen molar-refractivity contribution in [3.05, 3.63) is 29.8 Å². The molecule has 0 bridgehead atoms. The highest BCUT2D eigenvalue weighted by atomic mass is 16.5. The van der Waals surface area contributed by atoms with Crippen LogP contribution in [0.4, 0.5) is 0 Å². The second-order valence-electron chi connectivity index (χ2n) is 7.21. The predicted molar refractivity (Wildman–Crippen MR) is 76.2 cm³/mol. The maximum absolute atomic E-state index is 11.0. The smallest absolute Gasteiger partial charge is 0.119 e. The Morgan fingerprint density at radius 1 is 1.16 bits per heavy atom. The van der Waals surface area contributed by atoms with Crippen LogP contribution in [0.1, 0.15) is 52.0 Å². The Morgan fingerprint density at radius 2 is 1.79 bits per heavy atom. The normalized spacial score (nSPS) is 33.4. The van der Waals surface area contributed by atoms with Crippen LogP contribution in [0.3, 0.4) is 0 Å². The van der Waals surface area contributed by atoms with Gasteiger partial charge in [0, 0.05) is 0 Å². The molecule has 2 aliphatic carbocycles. The van der Waals surface area contributed by atoms with Crippen molar-refractivity contribution in [3.8, 4) is 5.75 Å². The molecule has 2 atom stereocenters. The van der Waals surface area contributed by atoms with Crippen molar-refractivity contribution < 1.29 is 9.84 Å². The zero-order chi connectivity index (χ0) is 13.7. The molecule has 3 rings (SSSR count). The summed E-state index contributed by atoms with van der Waals surface area (Å²) in [5.74, 6) is 1.23. The first-order valence-electron chi connectivity index (χ1n) is 7.39. The molecule has 0 radical (unpaired) electrons. The summed E-state index contributed by atoms with van der Waals surface area (Å²) in [5.41, 5.74) is 0.576. The van der Waals surface area contributed by atoms with Gasteiger partial charge in [0.15, 0.2) is 0 Å². The lowest BCUT2D eigenvalue weighted by Gasteiger charge is -2.29. The van der Waals surface area contributed by atoms with Gasteiger partial charge in [0.25, 0.3) is 0 Å². The summed E-state index contributed by atoms with van der Waals surface area (Å²) in [5, 5.41) is 11.0. The number of rotatable bonds is 3. The topological polar surface area (TPSA) is 29.5 Å². The van der Waals surface area contributed by atoms with Gasteiger partial charge in [0.2, 0.25) is 0 Å². The highest BCUT2D eigenvalue weighted by Crippen LogP contribution is 2.52. The Kier molecular flexibility index (Phi) is 2.90. The molecule has 0 heterocycles. The number of ether oxygens (including phenoxy) is 1. The van der Waals surface area contributed by atoms with Gasteiger partial charge >= 0.3 is 0 Å². The largest absolute Gasteiger partial charge is 0.490 e. The van der Waals surface area contributed by atoms with Gasteiger partial charge in [0.05, 0.1) is 11.7 Å². The fourth-order valence-corrected chi connectivity index (χ4v) is 3.56. The Labute approximate surface area is 115 Å². The van der Waals surface area contributed by atoms with Gasteiger partial charge in [-0.3, -0.25) is 0 Å². The van der Waals surface area contributed by atoms with E-state index in [1.54, 1.807) is 0 Å². The third-order valence-corrected chi connectivity index (χ3v) is 4.60. The molecule has 19 heavy (non-hydrogen) atoms. The average Bonchev–Trinajstić information content (AvgIpc) is 3.08. The number of benzene rings is 1. The van der Waals surface area contributed by atoms with Gasteiger partial charge in [-0.15, -0.1) is 0 Å². The average molecular weight is 260 g/mol. The summed E-state index contributed by atoms with van der Waals surface area (Å²) < 4.78 is 5.76. The lowest BCUT2D eigenvalue weighted by atomic mass is 9.84. The Bertz CT molecular complexity index is 459. The zero-order valence-electron chi connectivity index (χ0n) is 12.1. The zero-order valence-corrected chi connectivity index (χ0v) is 12.1. The van der Waals surface area contributed by atoms with E-state index in [1.807, 2.05) is 24.3 Å². The molecule has 0 aromatic heterocycles. The second-order valence-corrected chi connectivity index (χ2v) is 7.21. The van der Waals surface area contributed by atoms with Gasteiger partial charge < -0.3 is 9.84 Å². The number of hydrogen-bond acceptors (Lipinski definition) is 2. The van der Waals surface area contributed by atoms with Crippen molar-refractivity contribution in [1.82, 2.24) is 0 Å². The monoisotopic (exact) mass is 260 g/mol. The van der Waals surface area contributed by atoms with Crippen LogP contribution >= 0.6 is 0 Å². The van der Waals surface area contributed by atoms with Crippen molar-refractivity contribution in [1.29, 1.82) is 0 Å². The molecular weight excluding hydrogens is 236 g/mol. The van der Waals surface area contributed by atoms with Crippen LogP contribution in [0.25, 0.3) is 0 Å². The van der Waals surface area contributed by atoms with Crippen LogP contribution < -0.4 is 4.74 Å². The highest BCUT2D eigenvalue weighted by molar-refractivity contribution is 5.33. The van der Waals surface area contributed by atoms with Crippen LogP contribution in [0.5, 0.6) is 5.75 Å². The number of aliphatic hydroxyl groups is 1. The first-order valence-corrected chi connectivity index (χ1v) is 7.39. The van der Waals surface area contributed by atoms with Crippen LogP contribution in [0, 0.1) is 11.3 Å². The molecule has 1 aromatic carbocycles. The molecule has 104 valence electrons. The Morgan fingerprint density at radius 3 is 2.26 bits per heavy atom. The minimum Gasteiger partial charge on any atom is -0.490 e. The maximum Gasteiger partial charge on any atom is 0.119 e. The summed E-state index contributed by atoms with van der Waals surface area (Å²) in [6.45, 7) is 6.64. The van der Waals surface area contributed by atoms with Crippen molar-refractivity contribution >= 4 is 0 Å². The van der Waals surface area contributed by atoms with Crippen LogP contribution in [0.15, 0.2) is 24.3 Å². The molecule has 2 unspecified atom stereocenters. The summed E-state index contributed by atoms with van der Waals surface area (Å²) in [4.78, 5) is 0. The third kappa shape index (κ3) is 2.51. The molecule has 0 spiro atoms. The van der Waals surface area contributed by atoms with Crippen molar-refractivity contribution in [2.45, 2.75) is 58.2 Å². The van der Waals surface area contributed by atoms with Gasteiger partial charge in [-0.2, -0.15) is 0 Å². The molecule has 1 N–H and O–H groups in total. The SMILES string of the molecule is CC1CC(C)(C)CC1(O)c1ccc(OC2CC2)cc1. The maximum atomic E-state index is 11.0. The van der Waals surface area contributed by atoms with Gasteiger partial charge in [-0.1, -0.05) is 32.9 Å². The molecule has 0 amide bonds. The van der Waals surface area contributed by atoms with E-state index in [0.717, 1.165) is 24.2 Å². The fourth-order valence-electron chi connectivity index (χ4n) is 3.56. The second kappa shape index (κ2) is 4.24. The van der Waals surface area contributed by atoms with E-state index in [-0.39, 0.29) is 5.41 Å². The molecule has 2 saturated carbocycles. The van der Waals surface area contributed by atoms with Gasteiger partial charge in [-0.05, 0) is 54.7 Å². The van der Waals surface area contributed by atoms with Crippen LogP contribution in [0.2, 0.25) is 0 Å². The van der Waals surface area contributed by atoms with E-state index in [0.29, 0.717) is 12.0 Å². The molecule has 2 fully saturated rings. The Hall–Kier alpha value is -1.02. The van der Waals surface area contributed by atoms with E-state index < -0.39 is 5.60 Å². The first kappa shape index (κ1) is 13.0. The van der Waals surface area contributed by atoms with Crippen molar-refractivity contribution in [3.63, 3.8) is 0 Å². The van der Waals surface area contributed by atoms with Gasteiger partial charge in [0.1, 0.15) is 5.75 Å². The van der Waals surface area contributed by atoms with Crippen molar-refractivity contribution in [2.24, 2.45) is 11.3 Å². The first-order chi connectivity index (χ1) is 8.89. The Balaban J connectivity index is 1.80. The van der Waals surface area contributed by atoms with Crippen LogP contribution in [-0.2, 0) is 5.60 Å². The van der Waals surface area contributed by atoms with Crippen LogP contribution in [-0.4, -0.2) is 11.2 Å². The summed E-state index contributed by atoms with van der Waals surface area (Å²) in [7, 11) is 0. The lowest BCUT2D eigenvalue weighted by molar-refractivity contribution is -0.000880. The lowest BCUT2D eigenvalue weighted by Crippen LogP contribution is -2.29. The van der Waals surface area contributed by atoms with E-state index in [1.165, 1.54) is 12.8 Å². The summed E-state index contributed by atoms with van der Waals surface area (Å²) in [6, 6.07) is 8.08. The molecule has 1 aromatic rings. The van der Waals surface area contributed by atoms with E-state index in [9.17, 15) is 5.11 Å². The summed E-state index contributed by atoms with van der Waals surface area (Å²) in [6.07, 6.45) is 4.69. The summed E-state index contributed by atoms with van der Waals surface area (Å²) >= 11 is 0. The van der Waals surface area contributed by atoms with E-state index in [4.69, 9.17) is 4.74 Å². The number of hydrogen-bond donors (Lipinski definition) is 1. The molecular formula is C17H24O2. The predicted octanol–water partition coefficient (Wildman–Crippen LogP) is 3.87. The molecule has 2 heteroatoms. The molecule has 0 saturated heterocycles. The molecule has 2 aliphatic rings. The quantitative estimate of drug-likeness (QED) is 0.894. The fraction of sp³-hybridized carbons (Fsp3) is 0.647. The third-order valence-electron chi connectivity index (χ3n) is 4.60. The van der Waals surface area contributed by atoms with Crippen molar-refractivity contribution in [2.75, 3.05) is 0 Å². The van der Waals surface area contributed by atoms with E-state index in [2.05, 4.69) is 20.8 Å².